The molecule has 1 amide bonds. The first-order chi connectivity index (χ1) is 9.45. The maximum atomic E-state index is 12.4. The van der Waals surface area contributed by atoms with E-state index in [1.54, 1.807) is 19.1 Å². The van der Waals surface area contributed by atoms with E-state index in [-0.39, 0.29) is 22.2 Å². The average molecular weight is 303 g/mol. The molecule has 110 valence electrons. The van der Waals surface area contributed by atoms with Crippen LogP contribution >= 0.6 is 11.8 Å². The minimum Gasteiger partial charge on any atom is -0.449 e. The van der Waals surface area contributed by atoms with E-state index in [0.29, 0.717) is 6.54 Å². The molecule has 1 rings (SSSR count). The van der Waals surface area contributed by atoms with Gasteiger partial charge in [0.05, 0.1) is 5.56 Å². The number of esters is 1. The summed E-state index contributed by atoms with van der Waals surface area (Å²) in [5, 5.41) is 2.51. The summed E-state index contributed by atoms with van der Waals surface area (Å²) >= 11 is 0.264. The largest absolute Gasteiger partial charge is 0.449 e. The van der Waals surface area contributed by atoms with Crippen LogP contribution in [0.15, 0.2) is 29.2 Å². The molecule has 1 atom stereocenters. The molecule has 0 unspecified atom stereocenters. The molecule has 0 aliphatic carbocycles. The Bertz CT molecular complexity index is 482. The first-order valence-electron chi connectivity index (χ1n) is 5.98. The average Bonchev–Trinajstić information content (AvgIpc) is 2.38. The molecule has 1 aromatic rings. The number of hydrogen-bond acceptors (Lipinski definition) is 4. The van der Waals surface area contributed by atoms with Crippen molar-refractivity contribution in [1.82, 2.24) is 5.32 Å². The normalized spacial score (nSPS) is 12.1. The smallest absolute Gasteiger partial charge is 0.340 e. The fraction of sp³-hybridized carbons (Fsp3) is 0.385. The molecule has 20 heavy (non-hydrogen) atoms. The summed E-state index contributed by atoms with van der Waals surface area (Å²) in [5.41, 5.74) is 0.0222. The van der Waals surface area contributed by atoms with Crippen LogP contribution in [0.1, 0.15) is 24.2 Å². The Kier molecular flexibility index (Phi) is 6.44. The highest BCUT2D eigenvalue weighted by molar-refractivity contribution is 7.99. The fourth-order valence-corrected chi connectivity index (χ4v) is 2.06. The second-order valence-corrected chi connectivity index (χ2v) is 4.85. The molecule has 1 N–H and O–H groups in total. The van der Waals surface area contributed by atoms with Gasteiger partial charge in [-0.25, -0.2) is 4.79 Å². The van der Waals surface area contributed by atoms with Gasteiger partial charge in [-0.3, -0.25) is 4.79 Å². The number of likely N-dealkylation sites (N-methyl/N-ethyl adjacent to an activating group) is 1. The zero-order valence-electron chi connectivity index (χ0n) is 11.1. The summed E-state index contributed by atoms with van der Waals surface area (Å²) in [5.74, 6) is -3.86. The molecular weight excluding hydrogens is 288 g/mol. The van der Waals surface area contributed by atoms with Crippen LogP contribution in [0.25, 0.3) is 0 Å². The number of thioether (sulfide) groups is 1. The van der Waals surface area contributed by atoms with Crippen LogP contribution in [0.4, 0.5) is 8.78 Å². The molecule has 0 fully saturated rings. The van der Waals surface area contributed by atoms with E-state index < -0.39 is 23.7 Å². The Balaban J connectivity index is 2.79. The zero-order valence-corrected chi connectivity index (χ0v) is 11.9. The number of halogens is 2. The highest BCUT2D eigenvalue weighted by Crippen LogP contribution is 2.28. The fourth-order valence-electron chi connectivity index (χ4n) is 1.43. The van der Waals surface area contributed by atoms with Gasteiger partial charge in [0.25, 0.3) is 11.7 Å². The Hall–Kier alpha value is -1.63. The molecule has 4 nitrogen and oxygen atoms in total. The first-order valence-corrected chi connectivity index (χ1v) is 6.86. The number of hydrogen-bond donors (Lipinski definition) is 1. The number of carbonyl (C=O) groups excluding carboxylic acids is 2. The Morgan fingerprint density at radius 3 is 2.60 bits per heavy atom. The highest BCUT2D eigenvalue weighted by atomic mass is 32.2. The van der Waals surface area contributed by atoms with Crippen molar-refractivity contribution in [3.8, 4) is 0 Å². The summed E-state index contributed by atoms with van der Waals surface area (Å²) < 4.78 is 29.8. The molecule has 1 aromatic carbocycles. The third-order valence-corrected chi connectivity index (χ3v) is 3.12. The van der Waals surface area contributed by atoms with E-state index >= 15 is 0 Å². The van der Waals surface area contributed by atoms with Crippen molar-refractivity contribution < 1.29 is 23.1 Å². The van der Waals surface area contributed by atoms with Crippen LogP contribution in [0.5, 0.6) is 0 Å². The number of benzene rings is 1. The van der Waals surface area contributed by atoms with Crippen LogP contribution in [-0.2, 0) is 9.53 Å². The van der Waals surface area contributed by atoms with Gasteiger partial charge >= 0.3 is 5.97 Å². The lowest BCUT2D eigenvalue weighted by atomic mass is 10.2. The lowest BCUT2D eigenvalue weighted by Gasteiger charge is -2.14. The van der Waals surface area contributed by atoms with E-state index in [0.717, 1.165) is 0 Å². The van der Waals surface area contributed by atoms with Gasteiger partial charge in [0.1, 0.15) is 0 Å². The quantitative estimate of drug-likeness (QED) is 0.648. The van der Waals surface area contributed by atoms with Crippen molar-refractivity contribution in [2.24, 2.45) is 0 Å². The van der Waals surface area contributed by atoms with E-state index in [1.165, 1.54) is 19.1 Å². The molecule has 0 bridgehead atoms. The molecule has 0 saturated heterocycles. The lowest BCUT2D eigenvalue weighted by Crippen LogP contribution is -2.35. The molecule has 0 heterocycles. The maximum absolute atomic E-state index is 12.4. The lowest BCUT2D eigenvalue weighted by molar-refractivity contribution is -0.128. The van der Waals surface area contributed by atoms with Gasteiger partial charge in [0.15, 0.2) is 6.10 Å². The van der Waals surface area contributed by atoms with Gasteiger partial charge in [-0.15, -0.1) is 0 Å². The van der Waals surface area contributed by atoms with E-state index in [2.05, 4.69) is 5.32 Å². The van der Waals surface area contributed by atoms with Crippen molar-refractivity contribution in [2.45, 2.75) is 30.6 Å². The molecular formula is C13H15F2NO3S. The summed E-state index contributed by atoms with van der Waals surface area (Å²) in [6, 6.07) is 5.89. The van der Waals surface area contributed by atoms with Crippen LogP contribution in [0, 0.1) is 0 Å². The monoisotopic (exact) mass is 303 g/mol. The van der Waals surface area contributed by atoms with Crippen LogP contribution < -0.4 is 5.32 Å². The standard InChI is InChI=1S/C13H15F2NO3S/c1-3-16-11(17)8(2)19-12(18)9-6-4-5-7-10(9)20-13(14)15/h4-8,13H,3H2,1-2H3,(H,16,17)/t8-/m1/s1. The Labute approximate surface area is 119 Å². The molecule has 0 spiro atoms. The highest BCUT2D eigenvalue weighted by Gasteiger charge is 2.21. The van der Waals surface area contributed by atoms with Gasteiger partial charge in [-0.2, -0.15) is 8.78 Å². The van der Waals surface area contributed by atoms with E-state index in [9.17, 15) is 18.4 Å². The van der Waals surface area contributed by atoms with E-state index in [4.69, 9.17) is 4.74 Å². The van der Waals surface area contributed by atoms with Gasteiger partial charge in [0.2, 0.25) is 0 Å². The number of carbonyl (C=O) groups is 2. The number of nitrogens with one attached hydrogen (secondary N) is 1. The zero-order chi connectivity index (χ0) is 15.1. The van der Waals surface area contributed by atoms with Crippen molar-refractivity contribution in [1.29, 1.82) is 0 Å². The third-order valence-electron chi connectivity index (χ3n) is 2.33. The van der Waals surface area contributed by atoms with Gasteiger partial charge < -0.3 is 10.1 Å². The molecule has 0 aromatic heterocycles. The Morgan fingerprint density at radius 1 is 1.35 bits per heavy atom. The van der Waals surface area contributed by atoms with Crippen LogP contribution in [-0.4, -0.2) is 30.3 Å². The van der Waals surface area contributed by atoms with Crippen molar-refractivity contribution in [3.05, 3.63) is 29.8 Å². The number of ether oxygens (including phenoxy) is 1. The second-order valence-electron chi connectivity index (χ2n) is 3.82. The summed E-state index contributed by atoms with van der Waals surface area (Å²) in [7, 11) is 0. The Morgan fingerprint density at radius 2 is 2.00 bits per heavy atom. The minimum atomic E-state index is -2.63. The van der Waals surface area contributed by atoms with Gasteiger partial charge in [0, 0.05) is 11.4 Å². The van der Waals surface area contributed by atoms with Crippen molar-refractivity contribution in [2.75, 3.05) is 6.54 Å². The number of alkyl halides is 2. The molecule has 0 aliphatic heterocycles. The number of amides is 1. The third kappa shape index (κ3) is 4.80. The number of rotatable bonds is 6. The van der Waals surface area contributed by atoms with Gasteiger partial charge in [-0.05, 0) is 26.0 Å². The topological polar surface area (TPSA) is 55.4 Å². The molecule has 0 radical (unpaired) electrons. The van der Waals surface area contributed by atoms with Crippen molar-refractivity contribution in [3.63, 3.8) is 0 Å². The summed E-state index contributed by atoms with van der Waals surface area (Å²) in [4.78, 5) is 23.5. The summed E-state index contributed by atoms with van der Waals surface area (Å²) in [6.07, 6.45) is -0.980. The molecule has 7 heteroatoms. The van der Waals surface area contributed by atoms with Crippen LogP contribution in [0.2, 0.25) is 0 Å². The maximum Gasteiger partial charge on any atom is 0.340 e. The summed E-state index contributed by atoms with van der Waals surface area (Å²) in [6.45, 7) is 3.57. The molecule has 0 saturated carbocycles. The van der Waals surface area contributed by atoms with E-state index in [1.807, 2.05) is 0 Å². The molecule has 0 aliphatic rings. The van der Waals surface area contributed by atoms with Crippen LogP contribution in [0.3, 0.4) is 0 Å². The second kappa shape index (κ2) is 7.84. The SMILES string of the molecule is CCNC(=O)[C@@H](C)OC(=O)c1ccccc1SC(F)F. The van der Waals surface area contributed by atoms with Gasteiger partial charge in [-0.1, -0.05) is 23.9 Å². The predicted molar refractivity (Wildman–Crippen MR) is 71.9 cm³/mol. The predicted octanol–water partition coefficient (Wildman–Crippen LogP) is 2.68. The first kappa shape index (κ1) is 16.4. The minimum absolute atomic E-state index is 0.0222. The van der Waals surface area contributed by atoms with Crippen molar-refractivity contribution >= 4 is 23.6 Å².